The Morgan fingerprint density at radius 3 is 1.27 bits per heavy atom. The zero-order valence-corrected chi connectivity index (χ0v) is 39.4. The minimum absolute atomic E-state index is 0.0236. The summed E-state index contributed by atoms with van der Waals surface area (Å²) in [4.78, 5) is 78.1. The highest BCUT2D eigenvalue weighted by atomic mass is 35.5. The zero-order chi connectivity index (χ0) is 47.2. The van der Waals surface area contributed by atoms with E-state index in [1.807, 2.05) is 0 Å². The molecule has 2 atom stereocenters. The summed E-state index contributed by atoms with van der Waals surface area (Å²) in [5.41, 5.74) is 2.05. The summed E-state index contributed by atoms with van der Waals surface area (Å²) in [7, 11) is 0. The van der Waals surface area contributed by atoms with Crippen LogP contribution in [-0.4, -0.2) is 47.3 Å². The quantitative estimate of drug-likeness (QED) is 0.0484. The highest BCUT2D eigenvalue weighted by Crippen LogP contribution is 2.37. The van der Waals surface area contributed by atoms with Crippen molar-refractivity contribution < 1.29 is 28.8 Å². The molecular weight excluding hydrogens is 996 g/mol. The number of rotatable bonds is 14. The largest absolute Gasteiger partial charge is 0.324 e. The molecule has 4 N–H and O–H groups in total. The maximum Gasteiger partial charge on any atom is 0.258 e. The Kier molecular flexibility index (Phi) is 16.9. The fourth-order valence-corrected chi connectivity index (χ4v) is 7.30. The van der Waals surface area contributed by atoms with Gasteiger partial charge in [0, 0.05) is 32.5 Å². The number of aryl methyl sites for hydroxylation is 2. The van der Waals surface area contributed by atoms with Gasteiger partial charge >= 0.3 is 0 Å². The van der Waals surface area contributed by atoms with Gasteiger partial charge in [0.2, 0.25) is 12.1 Å². The summed E-state index contributed by atoms with van der Waals surface area (Å²) in [6.07, 6.45) is 0. The second-order valence-corrected chi connectivity index (χ2v) is 16.9. The number of amides is 4. The number of nitrogens with one attached hydrogen (secondary N) is 4. The summed E-state index contributed by atoms with van der Waals surface area (Å²) in [6.45, 7) is 5.57. The monoisotopic (exact) mass is 1020 g/mol. The molecule has 0 aromatic heterocycles. The molecule has 2 unspecified atom stereocenters. The average molecular weight is 1030 g/mol. The number of benzene rings is 5. The van der Waals surface area contributed by atoms with E-state index in [1.54, 1.807) is 13.8 Å². The molecular formula is C42H30Cl8N8O6. The molecule has 64 heavy (non-hydrogen) atoms. The Bertz CT molecular complexity index is 2800. The minimum Gasteiger partial charge on any atom is -0.324 e. The molecule has 4 amide bonds. The van der Waals surface area contributed by atoms with E-state index in [1.165, 1.54) is 72.8 Å². The summed E-state index contributed by atoms with van der Waals surface area (Å²) in [5.74, 6) is -4.22. The normalized spacial score (nSPS) is 12.2. The molecule has 0 saturated carbocycles. The highest BCUT2D eigenvalue weighted by molar-refractivity contribution is 6.50. The lowest BCUT2D eigenvalue weighted by molar-refractivity contribution is -0.127. The fourth-order valence-electron chi connectivity index (χ4n) is 5.68. The minimum atomic E-state index is -1.61. The van der Waals surface area contributed by atoms with Crippen LogP contribution in [0.2, 0.25) is 40.2 Å². The van der Waals surface area contributed by atoms with Gasteiger partial charge in [-0.3, -0.25) is 28.8 Å². The third kappa shape index (κ3) is 12.5. The van der Waals surface area contributed by atoms with E-state index in [-0.39, 0.29) is 79.7 Å². The summed E-state index contributed by atoms with van der Waals surface area (Å²) in [6, 6.07) is 13.8. The molecule has 0 aliphatic heterocycles. The number of azo groups is 2. The van der Waals surface area contributed by atoms with Crippen LogP contribution in [0.15, 0.2) is 93.3 Å². The van der Waals surface area contributed by atoms with Crippen LogP contribution < -0.4 is 21.3 Å². The van der Waals surface area contributed by atoms with Crippen LogP contribution >= 0.6 is 92.8 Å². The van der Waals surface area contributed by atoms with Gasteiger partial charge in [-0.2, -0.15) is 20.5 Å². The Hall–Kier alpha value is -5.16. The van der Waals surface area contributed by atoms with Crippen LogP contribution in [0.4, 0.5) is 34.1 Å². The molecule has 0 fully saturated rings. The van der Waals surface area contributed by atoms with Crippen molar-refractivity contribution in [2.75, 3.05) is 21.3 Å². The van der Waals surface area contributed by atoms with Crippen molar-refractivity contribution in [3.05, 3.63) is 135 Å². The molecule has 0 spiro atoms. The predicted octanol–water partition coefficient (Wildman–Crippen LogP) is 13.4. The Morgan fingerprint density at radius 2 is 0.875 bits per heavy atom. The number of anilines is 4. The molecule has 0 heterocycles. The molecule has 5 aromatic rings. The second kappa shape index (κ2) is 21.7. The first-order chi connectivity index (χ1) is 30.1. The van der Waals surface area contributed by atoms with Gasteiger partial charge in [0.15, 0.2) is 11.6 Å². The number of nitrogens with zero attached hydrogens (tertiary/aromatic N) is 4. The van der Waals surface area contributed by atoms with Crippen molar-refractivity contribution in [1.29, 1.82) is 0 Å². The van der Waals surface area contributed by atoms with Crippen LogP contribution in [0.1, 0.15) is 45.7 Å². The summed E-state index contributed by atoms with van der Waals surface area (Å²) < 4.78 is 0. The van der Waals surface area contributed by atoms with E-state index in [4.69, 9.17) is 92.8 Å². The van der Waals surface area contributed by atoms with Crippen molar-refractivity contribution in [3.8, 4) is 0 Å². The van der Waals surface area contributed by atoms with E-state index < -0.39 is 47.3 Å². The zero-order valence-electron chi connectivity index (χ0n) is 33.3. The molecule has 0 aliphatic carbocycles. The molecule has 330 valence electrons. The van der Waals surface area contributed by atoms with Crippen LogP contribution in [0.5, 0.6) is 0 Å². The lowest BCUT2D eigenvalue weighted by Crippen LogP contribution is -2.33. The molecule has 0 bridgehead atoms. The van der Waals surface area contributed by atoms with Crippen LogP contribution in [0.3, 0.4) is 0 Å². The first-order valence-corrected chi connectivity index (χ1v) is 21.2. The van der Waals surface area contributed by atoms with Gasteiger partial charge in [-0.25, -0.2) is 0 Å². The van der Waals surface area contributed by atoms with E-state index in [9.17, 15) is 28.8 Å². The number of halogens is 8. The van der Waals surface area contributed by atoms with Crippen molar-refractivity contribution >= 4 is 162 Å². The number of ketones is 2. The maximum atomic E-state index is 13.4. The molecule has 5 rings (SSSR count). The van der Waals surface area contributed by atoms with E-state index in [0.29, 0.717) is 16.8 Å². The second-order valence-electron chi connectivity index (χ2n) is 13.7. The molecule has 0 aliphatic rings. The first-order valence-electron chi connectivity index (χ1n) is 18.2. The van der Waals surface area contributed by atoms with Crippen molar-refractivity contribution in [3.63, 3.8) is 0 Å². The third-order valence-corrected chi connectivity index (χ3v) is 11.8. The standard InChI is InChI=1S/C42H30Cl8N8O6/c1-17-9-25(51-41(63)37(19(3)59)57-55-26-13-21(11-23(43)15-26)39(61)52-30-7-5-28(45)32(47)34(30)49)10-18(2)36(17)54-42(64)38(20(4)60)58-56-27-14-22(12-24(44)16-27)40(62)53-31-8-6-29(46)33(48)35(31)50/h5-16,37-38H,1-4H3,(H,51,63)(H,52,61)(H,53,62)(H,54,64). The van der Waals surface area contributed by atoms with Crippen LogP contribution in [-0.2, 0) is 19.2 Å². The molecule has 14 nitrogen and oxygen atoms in total. The molecule has 0 radical (unpaired) electrons. The van der Waals surface area contributed by atoms with Gasteiger partial charge in [0.1, 0.15) is 0 Å². The predicted molar refractivity (Wildman–Crippen MR) is 253 cm³/mol. The SMILES string of the molecule is CC(=O)C(N=Nc1cc(Cl)cc(C(=O)Nc2ccc(Cl)c(Cl)c2Cl)c1)C(=O)Nc1cc(C)c(NC(=O)C(N=Nc2cc(Cl)cc(C(=O)Nc3ccc(Cl)c(Cl)c3Cl)c2)C(C)=O)c(C)c1. The molecule has 0 saturated heterocycles. The lowest BCUT2D eigenvalue weighted by atomic mass is 10.1. The average Bonchev–Trinajstić information content (AvgIpc) is 3.22. The van der Waals surface area contributed by atoms with Crippen LogP contribution in [0, 0.1) is 13.8 Å². The van der Waals surface area contributed by atoms with Gasteiger partial charge in [0.05, 0.1) is 52.9 Å². The van der Waals surface area contributed by atoms with Crippen molar-refractivity contribution in [1.82, 2.24) is 0 Å². The number of hydrogen-bond acceptors (Lipinski definition) is 10. The topological polar surface area (TPSA) is 200 Å². The lowest BCUT2D eigenvalue weighted by Gasteiger charge is -2.17. The highest BCUT2D eigenvalue weighted by Gasteiger charge is 2.27. The smallest absolute Gasteiger partial charge is 0.258 e. The van der Waals surface area contributed by atoms with Gasteiger partial charge in [-0.15, -0.1) is 0 Å². The molecule has 22 heteroatoms. The van der Waals surface area contributed by atoms with Crippen LogP contribution in [0.25, 0.3) is 0 Å². The third-order valence-electron chi connectivity index (χ3n) is 8.75. The van der Waals surface area contributed by atoms with Crippen molar-refractivity contribution in [2.45, 2.75) is 39.8 Å². The van der Waals surface area contributed by atoms with Gasteiger partial charge in [-0.1, -0.05) is 92.8 Å². The first kappa shape index (κ1) is 49.8. The maximum absolute atomic E-state index is 13.4. The van der Waals surface area contributed by atoms with Gasteiger partial charge < -0.3 is 21.3 Å². The van der Waals surface area contributed by atoms with E-state index in [0.717, 1.165) is 13.8 Å². The van der Waals surface area contributed by atoms with Crippen molar-refractivity contribution in [2.24, 2.45) is 20.5 Å². The van der Waals surface area contributed by atoms with Gasteiger partial charge in [0.25, 0.3) is 23.6 Å². The fraction of sp³-hybridized carbons (Fsp3) is 0.143. The van der Waals surface area contributed by atoms with E-state index >= 15 is 0 Å². The Morgan fingerprint density at radius 1 is 0.484 bits per heavy atom. The number of carbonyl (C=O) groups is 6. The Labute approximate surface area is 405 Å². The van der Waals surface area contributed by atoms with E-state index in [2.05, 4.69) is 41.7 Å². The summed E-state index contributed by atoms with van der Waals surface area (Å²) in [5, 5.41) is 27.2. The molecule has 5 aromatic carbocycles. The number of Topliss-reactive ketones (excluding diaryl/α,β-unsaturated/α-hetero) is 2. The summed E-state index contributed by atoms with van der Waals surface area (Å²) >= 11 is 49.1. The number of carbonyl (C=O) groups excluding carboxylic acids is 6. The number of hydrogen-bond donors (Lipinski definition) is 4. The van der Waals surface area contributed by atoms with Gasteiger partial charge in [-0.05, 0) is 112 Å². The Balaban J connectivity index is 1.27.